The summed E-state index contributed by atoms with van der Waals surface area (Å²) in [5.41, 5.74) is 10.5. The van der Waals surface area contributed by atoms with Crippen LogP contribution in [0.3, 0.4) is 0 Å². The molecule has 0 saturated carbocycles. The van der Waals surface area contributed by atoms with Gasteiger partial charge in [-0.25, -0.2) is 4.98 Å². The molecule has 0 amide bonds. The molecule has 0 bridgehead atoms. The van der Waals surface area contributed by atoms with E-state index in [2.05, 4.69) is 163 Å². The minimum Gasteiger partial charge on any atom is -0.292 e. The third-order valence-corrected chi connectivity index (χ3v) is 8.31. The second-order valence-corrected chi connectivity index (χ2v) is 10.8. The maximum Gasteiger partial charge on any atom is 0.145 e. The van der Waals surface area contributed by atoms with Crippen molar-refractivity contribution in [2.24, 2.45) is 0 Å². The highest BCUT2D eigenvalue weighted by Crippen LogP contribution is 2.44. The van der Waals surface area contributed by atoms with E-state index in [-0.39, 0.29) is 0 Å². The molecule has 8 aromatic rings. The Morgan fingerprint density at radius 3 is 1.60 bits per heavy atom. The lowest BCUT2D eigenvalue weighted by molar-refractivity contribution is 1.11. The number of fused-ring (bicyclic) bond motifs is 3. The van der Waals surface area contributed by atoms with Gasteiger partial charge >= 0.3 is 0 Å². The van der Waals surface area contributed by atoms with E-state index >= 15 is 0 Å². The van der Waals surface area contributed by atoms with E-state index in [0.717, 1.165) is 28.1 Å². The van der Waals surface area contributed by atoms with E-state index in [9.17, 15) is 0 Å². The monoisotopic (exact) mass is 536 g/mol. The zero-order valence-corrected chi connectivity index (χ0v) is 23.3. The molecule has 0 radical (unpaired) electrons. The molecular formula is C40H28N2. The molecule has 0 aliphatic heterocycles. The number of rotatable bonds is 4. The molecule has 7 aromatic carbocycles. The highest BCUT2D eigenvalue weighted by atomic mass is 15.1. The molecule has 2 nitrogen and oxygen atoms in total. The number of hydrogen-bond acceptors (Lipinski definition) is 1. The van der Waals surface area contributed by atoms with Crippen LogP contribution in [-0.2, 0) is 0 Å². The van der Waals surface area contributed by atoms with Gasteiger partial charge in [0.1, 0.15) is 5.82 Å². The van der Waals surface area contributed by atoms with Gasteiger partial charge in [-0.3, -0.25) is 4.57 Å². The van der Waals surface area contributed by atoms with Gasteiger partial charge in [0.2, 0.25) is 0 Å². The molecule has 2 heteroatoms. The summed E-state index contributed by atoms with van der Waals surface area (Å²) in [6, 6.07) is 54.3. The van der Waals surface area contributed by atoms with E-state index in [4.69, 9.17) is 4.98 Å². The number of hydrogen-bond donors (Lipinski definition) is 0. The Morgan fingerprint density at radius 1 is 0.452 bits per heavy atom. The number of imidazole rings is 1. The summed E-state index contributed by atoms with van der Waals surface area (Å²) >= 11 is 0. The summed E-state index contributed by atoms with van der Waals surface area (Å²) in [6.45, 7) is 2.14. The molecule has 42 heavy (non-hydrogen) atoms. The van der Waals surface area contributed by atoms with Gasteiger partial charge in [-0.15, -0.1) is 0 Å². The first kappa shape index (κ1) is 24.3. The van der Waals surface area contributed by atoms with Gasteiger partial charge in [0.15, 0.2) is 0 Å². The first-order valence-electron chi connectivity index (χ1n) is 14.4. The van der Waals surface area contributed by atoms with Crippen LogP contribution in [0.1, 0.15) is 5.56 Å². The molecular weight excluding hydrogens is 508 g/mol. The molecule has 0 atom stereocenters. The molecule has 1 heterocycles. The predicted molar refractivity (Wildman–Crippen MR) is 177 cm³/mol. The van der Waals surface area contributed by atoms with Gasteiger partial charge in [0, 0.05) is 11.3 Å². The summed E-state index contributed by atoms with van der Waals surface area (Å²) in [6.07, 6.45) is 0. The van der Waals surface area contributed by atoms with Crippen molar-refractivity contribution in [3.8, 4) is 39.3 Å². The van der Waals surface area contributed by atoms with Crippen molar-refractivity contribution in [1.29, 1.82) is 0 Å². The Kier molecular flexibility index (Phi) is 5.72. The molecule has 0 aliphatic rings. The Labute approximate surface area is 245 Å². The second kappa shape index (κ2) is 9.87. The van der Waals surface area contributed by atoms with Gasteiger partial charge in [0.25, 0.3) is 0 Å². The van der Waals surface area contributed by atoms with Crippen molar-refractivity contribution in [3.05, 3.63) is 157 Å². The van der Waals surface area contributed by atoms with Gasteiger partial charge < -0.3 is 0 Å². The molecule has 0 N–H and O–H groups in total. The molecule has 8 rings (SSSR count). The van der Waals surface area contributed by atoms with Crippen molar-refractivity contribution in [1.82, 2.24) is 9.55 Å². The highest BCUT2D eigenvalue weighted by molar-refractivity contribution is 6.21. The first-order chi connectivity index (χ1) is 20.8. The number of benzene rings is 7. The molecule has 0 aliphatic carbocycles. The smallest absolute Gasteiger partial charge is 0.145 e. The van der Waals surface area contributed by atoms with Crippen LogP contribution in [-0.4, -0.2) is 9.55 Å². The lowest BCUT2D eigenvalue weighted by Gasteiger charge is -2.19. The van der Waals surface area contributed by atoms with Crippen LogP contribution in [0.25, 0.3) is 71.9 Å². The van der Waals surface area contributed by atoms with Crippen LogP contribution in [0.4, 0.5) is 0 Å². The number of aromatic nitrogens is 2. The highest BCUT2D eigenvalue weighted by Gasteiger charge is 2.20. The summed E-state index contributed by atoms with van der Waals surface area (Å²) in [5.74, 6) is 0.949. The minimum atomic E-state index is 0.949. The standard InChI is InChI=1S/C40H28N2/c1-27-14-13-23-36-39(27)41-40(30-19-9-4-10-20-30)42(36)31-24-25-34-35(26-31)38(29-17-7-3-8-18-29)33-22-12-11-21-32(33)37(34)28-15-5-2-6-16-28/h2-26H,1H3. The number of nitrogens with zero attached hydrogens (tertiary/aromatic N) is 2. The largest absolute Gasteiger partial charge is 0.292 e. The van der Waals surface area contributed by atoms with Crippen LogP contribution in [0, 0.1) is 6.92 Å². The van der Waals surface area contributed by atoms with Crippen molar-refractivity contribution < 1.29 is 0 Å². The van der Waals surface area contributed by atoms with E-state index in [1.807, 2.05) is 0 Å². The van der Waals surface area contributed by atoms with Crippen molar-refractivity contribution in [2.45, 2.75) is 6.92 Å². The molecule has 0 unspecified atom stereocenters. The lowest BCUT2D eigenvalue weighted by atomic mass is 9.86. The maximum absolute atomic E-state index is 5.20. The zero-order valence-electron chi connectivity index (χ0n) is 23.3. The predicted octanol–water partition coefficient (Wildman–Crippen LogP) is 10.6. The normalized spacial score (nSPS) is 11.5. The molecule has 1 aromatic heterocycles. The minimum absolute atomic E-state index is 0.949. The van der Waals surface area contributed by atoms with Gasteiger partial charge in [-0.05, 0) is 74.5 Å². The van der Waals surface area contributed by atoms with Crippen molar-refractivity contribution in [3.63, 3.8) is 0 Å². The Morgan fingerprint density at radius 2 is 0.976 bits per heavy atom. The average molecular weight is 537 g/mol. The Balaban J connectivity index is 1.52. The summed E-state index contributed by atoms with van der Waals surface area (Å²) in [4.78, 5) is 5.20. The molecule has 0 spiro atoms. The molecule has 198 valence electrons. The summed E-state index contributed by atoms with van der Waals surface area (Å²) in [7, 11) is 0. The maximum atomic E-state index is 5.20. The van der Waals surface area contributed by atoms with Crippen LogP contribution in [0.15, 0.2) is 152 Å². The zero-order chi connectivity index (χ0) is 28.0. The van der Waals surface area contributed by atoms with Crippen molar-refractivity contribution in [2.75, 3.05) is 0 Å². The first-order valence-corrected chi connectivity index (χ1v) is 14.4. The van der Waals surface area contributed by atoms with Crippen LogP contribution in [0.5, 0.6) is 0 Å². The fraction of sp³-hybridized carbons (Fsp3) is 0.0250. The summed E-state index contributed by atoms with van der Waals surface area (Å²) in [5, 5.41) is 4.98. The molecule has 0 fully saturated rings. The van der Waals surface area contributed by atoms with E-state index in [1.165, 1.54) is 49.4 Å². The quantitative estimate of drug-likeness (QED) is 0.205. The van der Waals surface area contributed by atoms with Crippen LogP contribution < -0.4 is 0 Å². The molecule has 0 saturated heterocycles. The van der Waals surface area contributed by atoms with Gasteiger partial charge in [0.05, 0.1) is 11.0 Å². The SMILES string of the molecule is Cc1cccc2c1nc(-c1ccccc1)n2-c1ccc2c(-c3ccccc3)c3ccccc3c(-c3ccccc3)c2c1. The topological polar surface area (TPSA) is 17.8 Å². The lowest BCUT2D eigenvalue weighted by Crippen LogP contribution is -1.99. The number of aryl methyl sites for hydroxylation is 1. The van der Waals surface area contributed by atoms with Gasteiger partial charge in [-0.1, -0.05) is 133 Å². The third-order valence-electron chi connectivity index (χ3n) is 8.31. The third kappa shape index (κ3) is 3.84. The number of para-hydroxylation sites is 1. The Bertz CT molecular complexity index is 2230. The second-order valence-electron chi connectivity index (χ2n) is 10.8. The fourth-order valence-corrected chi connectivity index (χ4v) is 6.42. The fourth-order valence-electron chi connectivity index (χ4n) is 6.42. The van der Waals surface area contributed by atoms with Crippen LogP contribution in [0.2, 0.25) is 0 Å². The Hall–Kier alpha value is -5.47. The van der Waals surface area contributed by atoms with Crippen molar-refractivity contribution >= 4 is 32.6 Å². The van der Waals surface area contributed by atoms with E-state index in [0.29, 0.717) is 0 Å². The summed E-state index contributed by atoms with van der Waals surface area (Å²) < 4.78 is 2.32. The van der Waals surface area contributed by atoms with E-state index in [1.54, 1.807) is 0 Å². The average Bonchev–Trinajstić information content (AvgIpc) is 3.45. The van der Waals surface area contributed by atoms with Crippen LogP contribution >= 0.6 is 0 Å². The van der Waals surface area contributed by atoms with Gasteiger partial charge in [-0.2, -0.15) is 0 Å². The van der Waals surface area contributed by atoms with E-state index < -0.39 is 0 Å².